The van der Waals surface area contributed by atoms with E-state index in [1.807, 2.05) is 60.7 Å². The highest BCUT2D eigenvalue weighted by atomic mass is 16.3. The minimum atomic E-state index is 0.600. The molecule has 47 heavy (non-hydrogen) atoms. The lowest BCUT2D eigenvalue weighted by molar-refractivity contribution is 0.669. The Morgan fingerprint density at radius 2 is 0.894 bits per heavy atom. The van der Waals surface area contributed by atoms with Gasteiger partial charge in [-0.1, -0.05) is 146 Å². The van der Waals surface area contributed by atoms with Crippen molar-refractivity contribution in [2.45, 2.75) is 0 Å². The number of hydrogen-bond acceptors (Lipinski definition) is 4. The maximum absolute atomic E-state index is 6.35. The molecule has 220 valence electrons. The van der Waals surface area contributed by atoms with Crippen LogP contribution in [0.1, 0.15) is 0 Å². The summed E-state index contributed by atoms with van der Waals surface area (Å²) in [5.74, 6) is 1.83. The van der Waals surface area contributed by atoms with Gasteiger partial charge in [0.25, 0.3) is 0 Å². The fraction of sp³-hybridized carbons (Fsp3) is 0. The standard InChI is InChI=1S/C43H27N3O/c1-3-12-29(13-4-1)35-26-27-38-39(36-19-9-10-21-37(36)47-38)40(35)43-45-41(31-15-5-2-6-16-31)44-42(46-43)32-24-22-30(23-25-32)34-20-11-17-28-14-7-8-18-33(28)34/h1-27H. The number of aromatic nitrogens is 3. The van der Waals surface area contributed by atoms with Gasteiger partial charge in [0.05, 0.1) is 0 Å². The Labute approximate surface area is 271 Å². The van der Waals surface area contributed by atoms with Crippen LogP contribution in [0.3, 0.4) is 0 Å². The van der Waals surface area contributed by atoms with Gasteiger partial charge in [-0.2, -0.15) is 0 Å². The molecule has 0 unspecified atom stereocenters. The van der Waals surface area contributed by atoms with Gasteiger partial charge in [0.2, 0.25) is 0 Å². The first kappa shape index (κ1) is 27.0. The summed E-state index contributed by atoms with van der Waals surface area (Å²) >= 11 is 0. The van der Waals surface area contributed by atoms with Crippen molar-refractivity contribution >= 4 is 32.7 Å². The molecule has 0 aliphatic rings. The minimum Gasteiger partial charge on any atom is -0.456 e. The van der Waals surface area contributed by atoms with Crippen LogP contribution in [-0.2, 0) is 0 Å². The van der Waals surface area contributed by atoms with E-state index < -0.39 is 0 Å². The van der Waals surface area contributed by atoms with E-state index in [9.17, 15) is 0 Å². The molecule has 0 aliphatic carbocycles. The predicted molar refractivity (Wildman–Crippen MR) is 192 cm³/mol. The van der Waals surface area contributed by atoms with Crippen molar-refractivity contribution in [3.63, 3.8) is 0 Å². The Bertz CT molecular complexity index is 2550. The molecule has 0 aliphatic heterocycles. The van der Waals surface area contributed by atoms with Crippen molar-refractivity contribution in [1.82, 2.24) is 15.0 Å². The molecular formula is C43H27N3O. The fourth-order valence-corrected chi connectivity index (χ4v) is 6.52. The van der Waals surface area contributed by atoms with Gasteiger partial charge in [0.15, 0.2) is 17.5 Å². The second kappa shape index (κ2) is 11.2. The van der Waals surface area contributed by atoms with Crippen molar-refractivity contribution in [1.29, 1.82) is 0 Å². The molecule has 2 aromatic heterocycles. The summed E-state index contributed by atoms with van der Waals surface area (Å²) in [6.45, 7) is 0. The molecular weight excluding hydrogens is 574 g/mol. The molecule has 9 aromatic rings. The van der Waals surface area contributed by atoms with Crippen molar-refractivity contribution in [2.24, 2.45) is 0 Å². The molecule has 0 spiro atoms. The number of furan rings is 1. The van der Waals surface area contributed by atoms with Crippen molar-refractivity contribution in [3.8, 4) is 56.4 Å². The van der Waals surface area contributed by atoms with Crippen molar-refractivity contribution in [2.75, 3.05) is 0 Å². The second-order valence-electron chi connectivity index (χ2n) is 11.6. The molecule has 7 aromatic carbocycles. The van der Waals surface area contributed by atoms with Crippen molar-refractivity contribution in [3.05, 3.63) is 164 Å². The maximum atomic E-state index is 6.35. The van der Waals surface area contributed by atoms with Crippen LogP contribution in [0, 0.1) is 0 Å². The molecule has 4 nitrogen and oxygen atoms in total. The molecule has 0 radical (unpaired) electrons. The van der Waals surface area contributed by atoms with Crippen LogP contribution >= 0.6 is 0 Å². The van der Waals surface area contributed by atoms with Crippen molar-refractivity contribution < 1.29 is 4.42 Å². The average Bonchev–Trinajstić information content (AvgIpc) is 3.54. The molecule has 2 heterocycles. The first-order valence-electron chi connectivity index (χ1n) is 15.7. The van der Waals surface area contributed by atoms with E-state index in [0.29, 0.717) is 17.5 Å². The van der Waals surface area contributed by atoms with E-state index in [2.05, 4.69) is 103 Å². The summed E-state index contributed by atoms with van der Waals surface area (Å²) in [6.07, 6.45) is 0. The number of hydrogen-bond donors (Lipinski definition) is 0. The predicted octanol–water partition coefficient (Wildman–Crippen LogP) is 11.3. The first-order chi connectivity index (χ1) is 23.3. The monoisotopic (exact) mass is 601 g/mol. The molecule has 0 amide bonds. The number of para-hydroxylation sites is 1. The Hall–Kier alpha value is -6.39. The van der Waals surface area contributed by atoms with Crippen LogP contribution < -0.4 is 0 Å². The van der Waals surface area contributed by atoms with Crippen LogP contribution in [0.15, 0.2) is 168 Å². The van der Waals surface area contributed by atoms with Crippen LogP contribution in [0.25, 0.3) is 89.1 Å². The lowest BCUT2D eigenvalue weighted by Gasteiger charge is -2.14. The molecule has 4 heteroatoms. The highest BCUT2D eigenvalue weighted by Gasteiger charge is 2.22. The summed E-state index contributed by atoms with van der Waals surface area (Å²) in [6, 6.07) is 56.3. The summed E-state index contributed by atoms with van der Waals surface area (Å²) in [4.78, 5) is 15.4. The average molecular weight is 602 g/mol. The topological polar surface area (TPSA) is 51.8 Å². The van der Waals surface area contributed by atoms with Gasteiger partial charge in [0.1, 0.15) is 11.2 Å². The molecule has 9 rings (SSSR count). The number of fused-ring (bicyclic) bond motifs is 4. The van der Waals surface area contributed by atoms with E-state index in [0.717, 1.165) is 55.3 Å². The van der Waals surface area contributed by atoms with Gasteiger partial charge in [-0.3, -0.25) is 0 Å². The van der Waals surface area contributed by atoms with Crippen LogP contribution in [0.2, 0.25) is 0 Å². The fourth-order valence-electron chi connectivity index (χ4n) is 6.52. The van der Waals surface area contributed by atoms with Gasteiger partial charge < -0.3 is 4.42 Å². The van der Waals surface area contributed by atoms with E-state index >= 15 is 0 Å². The Morgan fingerprint density at radius 1 is 0.340 bits per heavy atom. The van der Waals surface area contributed by atoms with Crippen LogP contribution in [-0.4, -0.2) is 15.0 Å². The highest BCUT2D eigenvalue weighted by Crippen LogP contribution is 2.42. The number of benzene rings is 7. The quantitative estimate of drug-likeness (QED) is 0.197. The van der Waals surface area contributed by atoms with Gasteiger partial charge in [-0.15, -0.1) is 0 Å². The first-order valence-corrected chi connectivity index (χ1v) is 15.7. The molecule has 0 atom stereocenters. The Kier molecular flexibility index (Phi) is 6.43. The summed E-state index contributed by atoms with van der Waals surface area (Å²) in [7, 11) is 0. The zero-order chi connectivity index (χ0) is 31.2. The molecule has 0 fully saturated rings. The highest BCUT2D eigenvalue weighted by molar-refractivity contribution is 6.15. The molecule has 0 N–H and O–H groups in total. The molecule has 0 saturated heterocycles. The lowest BCUT2D eigenvalue weighted by atomic mass is 9.94. The van der Waals surface area contributed by atoms with E-state index in [1.165, 1.54) is 16.3 Å². The smallest absolute Gasteiger partial charge is 0.165 e. The largest absolute Gasteiger partial charge is 0.456 e. The van der Waals surface area contributed by atoms with E-state index in [-0.39, 0.29) is 0 Å². The Balaban J connectivity index is 1.28. The van der Waals surface area contributed by atoms with E-state index in [1.54, 1.807) is 0 Å². The SMILES string of the molecule is c1ccc(-c2nc(-c3ccc(-c4cccc5ccccc45)cc3)nc(-c3c(-c4ccccc4)ccc4oc5ccccc5c34)n2)cc1. The third-order valence-corrected chi connectivity index (χ3v) is 8.76. The zero-order valence-electron chi connectivity index (χ0n) is 25.3. The summed E-state index contributed by atoms with van der Waals surface area (Å²) in [5.41, 5.74) is 8.84. The molecule has 0 saturated carbocycles. The normalized spacial score (nSPS) is 11.4. The van der Waals surface area contributed by atoms with E-state index in [4.69, 9.17) is 19.4 Å². The van der Waals surface area contributed by atoms with Gasteiger partial charge in [0, 0.05) is 27.5 Å². The van der Waals surface area contributed by atoms with Crippen LogP contribution in [0.5, 0.6) is 0 Å². The minimum absolute atomic E-state index is 0.600. The van der Waals surface area contributed by atoms with Gasteiger partial charge in [-0.05, 0) is 51.2 Å². The lowest BCUT2D eigenvalue weighted by Crippen LogP contribution is -2.01. The van der Waals surface area contributed by atoms with Gasteiger partial charge in [-0.25, -0.2) is 15.0 Å². The number of rotatable bonds is 5. The second-order valence-corrected chi connectivity index (χ2v) is 11.6. The third kappa shape index (κ3) is 4.75. The third-order valence-electron chi connectivity index (χ3n) is 8.76. The Morgan fingerprint density at radius 3 is 1.66 bits per heavy atom. The summed E-state index contributed by atoms with van der Waals surface area (Å²) < 4.78 is 6.35. The van der Waals surface area contributed by atoms with Gasteiger partial charge >= 0.3 is 0 Å². The summed E-state index contributed by atoms with van der Waals surface area (Å²) in [5, 5.41) is 4.46. The van der Waals surface area contributed by atoms with Crippen LogP contribution in [0.4, 0.5) is 0 Å². The number of nitrogens with zero attached hydrogens (tertiary/aromatic N) is 3. The zero-order valence-corrected chi connectivity index (χ0v) is 25.3. The maximum Gasteiger partial charge on any atom is 0.165 e. The molecule has 0 bridgehead atoms.